The van der Waals surface area contributed by atoms with E-state index < -0.39 is 47.7 Å². The zero-order valence-electron chi connectivity index (χ0n) is 25.3. The smallest absolute Gasteiger partial charge is 0.459 e. The summed E-state index contributed by atoms with van der Waals surface area (Å²) in [7, 11) is 0. The molecule has 0 unspecified atom stereocenters. The standard InChI is InChI=1S/C29H45NO10/c1-17(2)11-14-24(31)35-18(3)19(4)36-25(32)21(30)15-20-12-13-22(37-26(33)39-28(5,6)7)23(16-20)38-27(34)40-29(8,9)10/h12-13,16-19,21H,11,14-15,30H2,1-10H3/t18-,19-,21-/m0/s1. The lowest BCUT2D eigenvalue weighted by molar-refractivity contribution is -0.166. The lowest BCUT2D eigenvalue weighted by atomic mass is 10.1. The Morgan fingerprint density at radius 1 is 0.775 bits per heavy atom. The van der Waals surface area contributed by atoms with E-state index in [1.807, 2.05) is 13.8 Å². The van der Waals surface area contributed by atoms with Crippen molar-refractivity contribution in [2.24, 2.45) is 11.7 Å². The normalized spacial score (nSPS) is 14.0. The van der Waals surface area contributed by atoms with Crippen molar-refractivity contribution < 1.29 is 47.6 Å². The Balaban J connectivity index is 2.95. The molecule has 0 saturated heterocycles. The van der Waals surface area contributed by atoms with Crippen molar-refractivity contribution in [2.75, 3.05) is 0 Å². The highest BCUT2D eigenvalue weighted by Gasteiger charge is 2.26. The Bertz CT molecular complexity index is 1020. The van der Waals surface area contributed by atoms with E-state index in [2.05, 4.69) is 0 Å². The topological polar surface area (TPSA) is 150 Å². The molecule has 0 aromatic heterocycles. The highest BCUT2D eigenvalue weighted by molar-refractivity contribution is 5.76. The number of carbonyl (C=O) groups is 4. The van der Waals surface area contributed by atoms with E-state index in [4.69, 9.17) is 34.2 Å². The summed E-state index contributed by atoms with van der Waals surface area (Å²) in [4.78, 5) is 49.2. The third-order valence-corrected chi connectivity index (χ3v) is 5.14. The molecule has 0 aliphatic heterocycles. The Morgan fingerprint density at radius 3 is 1.77 bits per heavy atom. The molecule has 2 N–H and O–H groups in total. The predicted octanol–water partition coefficient (Wildman–Crippen LogP) is 5.48. The first-order valence-electron chi connectivity index (χ1n) is 13.4. The number of rotatable bonds is 11. The zero-order valence-corrected chi connectivity index (χ0v) is 25.3. The molecule has 1 aromatic rings. The van der Waals surface area contributed by atoms with Crippen molar-refractivity contribution >= 4 is 24.2 Å². The van der Waals surface area contributed by atoms with Gasteiger partial charge in [-0.3, -0.25) is 9.59 Å². The maximum Gasteiger partial charge on any atom is 0.514 e. The van der Waals surface area contributed by atoms with E-state index in [-0.39, 0.29) is 30.3 Å². The summed E-state index contributed by atoms with van der Waals surface area (Å²) in [6, 6.07) is 3.26. The second kappa shape index (κ2) is 14.9. The minimum Gasteiger partial charge on any atom is -0.459 e. The average Bonchev–Trinajstić information content (AvgIpc) is 2.76. The lowest BCUT2D eigenvalue weighted by Crippen LogP contribution is -2.39. The molecule has 0 fully saturated rings. The Kier molecular flexibility index (Phi) is 12.9. The van der Waals surface area contributed by atoms with Gasteiger partial charge in [-0.05, 0) is 91.8 Å². The van der Waals surface area contributed by atoms with Gasteiger partial charge < -0.3 is 34.2 Å². The van der Waals surface area contributed by atoms with E-state index in [9.17, 15) is 19.2 Å². The summed E-state index contributed by atoms with van der Waals surface area (Å²) in [6.07, 6.45) is -2.41. The number of nitrogens with two attached hydrogens (primary N) is 1. The van der Waals surface area contributed by atoms with Gasteiger partial charge in [0.15, 0.2) is 11.5 Å². The molecule has 3 atom stereocenters. The molecule has 0 heterocycles. The van der Waals surface area contributed by atoms with Crippen molar-refractivity contribution in [2.45, 2.75) is 118 Å². The van der Waals surface area contributed by atoms with Crippen LogP contribution in [0.5, 0.6) is 11.5 Å². The van der Waals surface area contributed by atoms with E-state index in [1.165, 1.54) is 12.1 Å². The van der Waals surface area contributed by atoms with Gasteiger partial charge in [0.2, 0.25) is 0 Å². The maximum atomic E-state index is 12.6. The summed E-state index contributed by atoms with van der Waals surface area (Å²) in [5, 5.41) is 0. The van der Waals surface area contributed by atoms with Crippen LogP contribution in [-0.2, 0) is 35.0 Å². The summed E-state index contributed by atoms with van der Waals surface area (Å²) >= 11 is 0. The number of ether oxygens (including phenoxy) is 6. The molecule has 1 rings (SSSR count). The first-order chi connectivity index (χ1) is 18.3. The van der Waals surface area contributed by atoms with Crippen LogP contribution in [0.2, 0.25) is 0 Å². The van der Waals surface area contributed by atoms with Gasteiger partial charge in [-0.15, -0.1) is 0 Å². The van der Waals surface area contributed by atoms with Crippen LogP contribution < -0.4 is 15.2 Å². The summed E-state index contributed by atoms with van der Waals surface area (Å²) in [5.74, 6) is -0.930. The van der Waals surface area contributed by atoms with Gasteiger partial charge in [0.25, 0.3) is 0 Å². The predicted molar refractivity (Wildman–Crippen MR) is 147 cm³/mol. The summed E-state index contributed by atoms with van der Waals surface area (Å²) in [6.45, 7) is 17.3. The minimum absolute atomic E-state index is 0.00546. The molecule has 0 radical (unpaired) electrons. The van der Waals surface area contributed by atoms with Gasteiger partial charge in [-0.1, -0.05) is 19.9 Å². The maximum absolute atomic E-state index is 12.6. The fourth-order valence-corrected chi connectivity index (χ4v) is 3.04. The SMILES string of the molecule is CC(C)CCC(=O)O[C@@H](C)[C@H](C)OC(=O)[C@@H](N)Cc1ccc(OC(=O)OC(C)(C)C)c(OC(=O)OC(C)(C)C)c1. The molecule has 40 heavy (non-hydrogen) atoms. The highest BCUT2D eigenvalue weighted by Crippen LogP contribution is 2.31. The molecule has 0 spiro atoms. The van der Waals surface area contributed by atoms with Crippen LogP contribution in [0.25, 0.3) is 0 Å². The molecule has 0 aliphatic carbocycles. The highest BCUT2D eigenvalue weighted by atomic mass is 16.8. The van der Waals surface area contributed by atoms with E-state index >= 15 is 0 Å². The van der Waals surface area contributed by atoms with Gasteiger partial charge >= 0.3 is 24.2 Å². The quantitative estimate of drug-likeness (QED) is 0.206. The molecular formula is C29H45NO10. The Morgan fingerprint density at radius 2 is 1.27 bits per heavy atom. The molecule has 0 saturated carbocycles. The van der Waals surface area contributed by atoms with E-state index in [0.29, 0.717) is 17.9 Å². The molecule has 0 aliphatic rings. The van der Waals surface area contributed by atoms with Crippen molar-refractivity contribution in [1.82, 2.24) is 0 Å². The van der Waals surface area contributed by atoms with Crippen molar-refractivity contribution in [3.8, 4) is 11.5 Å². The third kappa shape index (κ3) is 14.2. The molecular weight excluding hydrogens is 522 g/mol. The van der Waals surface area contributed by atoms with Crippen LogP contribution in [0.3, 0.4) is 0 Å². The minimum atomic E-state index is -1.08. The molecule has 1 aromatic carbocycles. The fraction of sp³-hybridized carbons (Fsp3) is 0.655. The summed E-state index contributed by atoms with van der Waals surface area (Å²) in [5.41, 5.74) is 4.93. The molecule has 11 nitrogen and oxygen atoms in total. The number of hydrogen-bond acceptors (Lipinski definition) is 11. The number of benzene rings is 1. The number of esters is 2. The lowest BCUT2D eigenvalue weighted by Gasteiger charge is -2.23. The van der Waals surface area contributed by atoms with Crippen LogP contribution in [0.1, 0.15) is 87.6 Å². The molecule has 0 amide bonds. The van der Waals surface area contributed by atoms with Crippen LogP contribution in [0.15, 0.2) is 18.2 Å². The number of carbonyl (C=O) groups excluding carboxylic acids is 4. The second-order valence-electron chi connectivity index (χ2n) is 12.0. The van der Waals surface area contributed by atoms with Crippen LogP contribution >= 0.6 is 0 Å². The largest absolute Gasteiger partial charge is 0.514 e. The van der Waals surface area contributed by atoms with Gasteiger partial charge in [-0.2, -0.15) is 0 Å². The van der Waals surface area contributed by atoms with E-state index in [0.717, 1.165) is 0 Å². The first kappa shape index (κ1) is 34.7. The number of hydrogen-bond donors (Lipinski definition) is 1. The summed E-state index contributed by atoms with van der Waals surface area (Å²) < 4.78 is 31.7. The monoisotopic (exact) mass is 567 g/mol. The van der Waals surface area contributed by atoms with Gasteiger partial charge in [0, 0.05) is 6.42 Å². The van der Waals surface area contributed by atoms with Gasteiger partial charge in [-0.25, -0.2) is 9.59 Å². The Hall–Kier alpha value is -3.34. The fourth-order valence-electron chi connectivity index (χ4n) is 3.04. The average molecular weight is 568 g/mol. The third-order valence-electron chi connectivity index (χ3n) is 5.14. The van der Waals surface area contributed by atoms with Crippen LogP contribution in [0.4, 0.5) is 9.59 Å². The van der Waals surface area contributed by atoms with E-state index in [1.54, 1.807) is 61.5 Å². The van der Waals surface area contributed by atoms with Crippen LogP contribution in [-0.4, -0.2) is 53.7 Å². The van der Waals surface area contributed by atoms with Crippen molar-refractivity contribution in [3.63, 3.8) is 0 Å². The van der Waals surface area contributed by atoms with Gasteiger partial charge in [0.1, 0.15) is 29.5 Å². The second-order valence-corrected chi connectivity index (χ2v) is 12.0. The van der Waals surface area contributed by atoms with Crippen molar-refractivity contribution in [3.05, 3.63) is 23.8 Å². The first-order valence-corrected chi connectivity index (χ1v) is 13.4. The van der Waals surface area contributed by atoms with Crippen molar-refractivity contribution in [1.29, 1.82) is 0 Å². The molecule has 11 heteroatoms. The molecule has 226 valence electrons. The zero-order chi connectivity index (χ0) is 30.8. The van der Waals surface area contributed by atoms with Crippen LogP contribution in [0, 0.1) is 5.92 Å². The molecule has 0 bridgehead atoms. The Labute approximate surface area is 236 Å². The van der Waals surface area contributed by atoms with Gasteiger partial charge in [0.05, 0.1) is 0 Å².